The van der Waals surface area contributed by atoms with Gasteiger partial charge in [0.05, 0.1) is 5.41 Å². The number of carbonyl (C=O) groups excluding carboxylic acids is 1. The molecule has 0 heterocycles. The van der Waals surface area contributed by atoms with Crippen molar-refractivity contribution in [1.82, 2.24) is 5.32 Å². The molecule has 2 N–H and O–H groups in total. The summed E-state index contributed by atoms with van der Waals surface area (Å²) < 4.78 is 5.63. The number of hydrogen-bond acceptors (Lipinski definition) is 3. The Morgan fingerprint density at radius 3 is 2.26 bits per heavy atom. The van der Waals surface area contributed by atoms with Crippen molar-refractivity contribution >= 4 is 11.9 Å². The first-order valence-corrected chi connectivity index (χ1v) is 7.92. The molecule has 126 valence electrons. The Balaban J connectivity index is 1.87. The van der Waals surface area contributed by atoms with Crippen LogP contribution in [-0.2, 0) is 15.0 Å². The maximum Gasteiger partial charge on any atom is 0.311 e. The van der Waals surface area contributed by atoms with E-state index in [9.17, 15) is 9.59 Å². The molecule has 0 saturated heterocycles. The van der Waals surface area contributed by atoms with Crippen molar-refractivity contribution in [1.29, 1.82) is 0 Å². The number of carboxylic acids is 1. The normalized spacial score (nSPS) is 17.2. The third kappa shape index (κ3) is 4.24. The van der Waals surface area contributed by atoms with E-state index in [0.29, 0.717) is 18.6 Å². The largest absolute Gasteiger partial charge is 0.481 e. The molecule has 1 aliphatic rings. The maximum atomic E-state index is 12.0. The van der Waals surface area contributed by atoms with E-state index in [0.717, 1.165) is 0 Å². The van der Waals surface area contributed by atoms with Crippen molar-refractivity contribution in [3.63, 3.8) is 0 Å². The van der Waals surface area contributed by atoms with Gasteiger partial charge in [0.15, 0.2) is 6.10 Å². The lowest BCUT2D eigenvalue weighted by Crippen LogP contribution is -2.41. The Morgan fingerprint density at radius 1 is 1.26 bits per heavy atom. The van der Waals surface area contributed by atoms with Crippen LogP contribution in [0.2, 0.25) is 0 Å². The Hall–Kier alpha value is -2.04. The summed E-state index contributed by atoms with van der Waals surface area (Å²) in [7, 11) is 0. The zero-order chi connectivity index (χ0) is 17.3. The van der Waals surface area contributed by atoms with Crippen LogP contribution < -0.4 is 10.1 Å². The number of hydrogen-bond donors (Lipinski definition) is 2. The van der Waals surface area contributed by atoms with Crippen molar-refractivity contribution in [2.24, 2.45) is 5.41 Å². The summed E-state index contributed by atoms with van der Waals surface area (Å²) in [5.41, 5.74) is 0.500. The van der Waals surface area contributed by atoms with Crippen LogP contribution in [0.1, 0.15) is 46.1 Å². The summed E-state index contributed by atoms with van der Waals surface area (Å²) >= 11 is 0. The highest BCUT2D eigenvalue weighted by atomic mass is 16.5. The lowest BCUT2D eigenvalue weighted by Gasteiger charge is -2.20. The van der Waals surface area contributed by atoms with E-state index in [4.69, 9.17) is 9.84 Å². The van der Waals surface area contributed by atoms with Crippen LogP contribution in [0.3, 0.4) is 0 Å². The van der Waals surface area contributed by atoms with Gasteiger partial charge in [0.25, 0.3) is 5.91 Å². The van der Waals surface area contributed by atoms with Crippen molar-refractivity contribution in [3.8, 4) is 5.75 Å². The molecular formula is C18H25NO4. The predicted molar refractivity (Wildman–Crippen MR) is 87.5 cm³/mol. The van der Waals surface area contributed by atoms with E-state index in [1.165, 1.54) is 5.56 Å². The number of carboxylic acid groups (broad SMARTS) is 1. The van der Waals surface area contributed by atoms with Gasteiger partial charge < -0.3 is 15.2 Å². The molecule has 23 heavy (non-hydrogen) atoms. The molecular weight excluding hydrogens is 294 g/mol. The van der Waals surface area contributed by atoms with E-state index in [2.05, 4.69) is 26.1 Å². The predicted octanol–water partition coefficient (Wildman–Crippen LogP) is 2.73. The molecule has 0 bridgehead atoms. The van der Waals surface area contributed by atoms with Crippen LogP contribution in [-0.4, -0.2) is 29.6 Å². The summed E-state index contributed by atoms with van der Waals surface area (Å²) in [6, 6.07) is 7.68. The summed E-state index contributed by atoms with van der Waals surface area (Å²) in [6.45, 7) is 8.23. The van der Waals surface area contributed by atoms with Gasteiger partial charge in [-0.15, -0.1) is 0 Å². The highest BCUT2D eigenvalue weighted by Crippen LogP contribution is 2.45. The molecule has 1 aromatic carbocycles. The van der Waals surface area contributed by atoms with E-state index >= 15 is 0 Å². The zero-order valence-corrected chi connectivity index (χ0v) is 14.2. The first-order chi connectivity index (χ1) is 10.6. The van der Waals surface area contributed by atoms with Crippen LogP contribution in [0.4, 0.5) is 0 Å². The molecule has 1 saturated carbocycles. The first kappa shape index (κ1) is 17.3. The lowest BCUT2D eigenvalue weighted by molar-refractivity contribution is -0.143. The van der Waals surface area contributed by atoms with Gasteiger partial charge in [-0.25, -0.2) is 0 Å². The van der Waals surface area contributed by atoms with Crippen LogP contribution in [0.15, 0.2) is 24.3 Å². The lowest BCUT2D eigenvalue weighted by atomic mass is 9.87. The first-order valence-electron chi connectivity index (χ1n) is 7.92. The molecule has 0 aliphatic heterocycles. The number of benzene rings is 1. The second kappa shape index (κ2) is 6.22. The quantitative estimate of drug-likeness (QED) is 0.845. The van der Waals surface area contributed by atoms with Gasteiger partial charge in [-0.3, -0.25) is 9.59 Å². The fraction of sp³-hybridized carbons (Fsp3) is 0.556. The smallest absolute Gasteiger partial charge is 0.311 e. The molecule has 5 nitrogen and oxygen atoms in total. The van der Waals surface area contributed by atoms with Gasteiger partial charge >= 0.3 is 5.97 Å². The minimum absolute atomic E-state index is 0.0664. The number of aliphatic carboxylic acids is 1. The van der Waals surface area contributed by atoms with Gasteiger partial charge in [0.1, 0.15) is 5.75 Å². The maximum absolute atomic E-state index is 12.0. The zero-order valence-electron chi connectivity index (χ0n) is 14.2. The number of ether oxygens (including phenoxy) is 1. The standard InChI is InChI=1S/C18H25NO4/c1-12(15(20)19-11-18(9-10-18)16(21)22)23-14-7-5-13(6-8-14)17(2,3)4/h5-8,12H,9-11H2,1-4H3,(H,19,20)(H,21,22). The Morgan fingerprint density at radius 2 is 1.83 bits per heavy atom. The molecule has 0 aromatic heterocycles. The Bertz CT molecular complexity index is 582. The highest BCUT2D eigenvalue weighted by molar-refractivity contribution is 5.83. The molecule has 2 rings (SSSR count). The molecule has 0 radical (unpaired) electrons. The van der Waals surface area contributed by atoms with Crippen molar-refractivity contribution in [2.45, 2.75) is 52.1 Å². The minimum Gasteiger partial charge on any atom is -0.481 e. The van der Waals surface area contributed by atoms with Crippen LogP contribution in [0, 0.1) is 5.41 Å². The molecule has 1 aromatic rings. The van der Waals surface area contributed by atoms with E-state index in [-0.39, 0.29) is 17.9 Å². The molecule has 1 amide bonds. The van der Waals surface area contributed by atoms with Gasteiger partial charge in [-0.2, -0.15) is 0 Å². The number of nitrogens with one attached hydrogen (secondary N) is 1. The van der Waals surface area contributed by atoms with E-state index < -0.39 is 17.5 Å². The molecule has 1 aliphatic carbocycles. The van der Waals surface area contributed by atoms with Crippen LogP contribution in [0.5, 0.6) is 5.75 Å². The molecule has 5 heteroatoms. The molecule has 1 fully saturated rings. The van der Waals surface area contributed by atoms with Crippen molar-refractivity contribution in [2.75, 3.05) is 6.54 Å². The topological polar surface area (TPSA) is 75.6 Å². The third-order valence-electron chi connectivity index (χ3n) is 4.31. The van der Waals surface area contributed by atoms with Crippen molar-refractivity contribution < 1.29 is 19.4 Å². The SMILES string of the molecule is CC(Oc1ccc(C(C)(C)C)cc1)C(=O)NCC1(C(=O)O)CC1. The molecule has 1 atom stereocenters. The third-order valence-corrected chi connectivity index (χ3v) is 4.31. The minimum atomic E-state index is -0.843. The number of amides is 1. The number of carbonyl (C=O) groups is 2. The second-order valence-corrected chi connectivity index (χ2v) is 7.34. The highest BCUT2D eigenvalue weighted by Gasteiger charge is 2.50. The van der Waals surface area contributed by atoms with Gasteiger partial charge in [-0.1, -0.05) is 32.9 Å². The van der Waals surface area contributed by atoms with Gasteiger partial charge in [-0.05, 0) is 42.9 Å². The summed E-state index contributed by atoms with van der Waals surface area (Å²) in [6.07, 6.45) is 0.568. The summed E-state index contributed by atoms with van der Waals surface area (Å²) in [4.78, 5) is 23.1. The average molecular weight is 319 g/mol. The van der Waals surface area contributed by atoms with Crippen LogP contribution in [0.25, 0.3) is 0 Å². The average Bonchev–Trinajstić information content (AvgIpc) is 3.25. The van der Waals surface area contributed by atoms with Crippen LogP contribution >= 0.6 is 0 Å². The molecule has 1 unspecified atom stereocenters. The van der Waals surface area contributed by atoms with E-state index in [1.54, 1.807) is 6.92 Å². The monoisotopic (exact) mass is 319 g/mol. The van der Waals surface area contributed by atoms with Gasteiger partial charge in [0, 0.05) is 6.54 Å². The second-order valence-electron chi connectivity index (χ2n) is 7.34. The number of rotatable bonds is 6. The fourth-order valence-corrected chi connectivity index (χ4v) is 2.31. The van der Waals surface area contributed by atoms with E-state index in [1.807, 2.05) is 24.3 Å². The Labute approximate surface area is 137 Å². The fourth-order valence-electron chi connectivity index (χ4n) is 2.31. The summed E-state index contributed by atoms with van der Waals surface area (Å²) in [5.74, 6) is -0.512. The summed E-state index contributed by atoms with van der Waals surface area (Å²) in [5, 5.41) is 11.8. The van der Waals surface area contributed by atoms with Gasteiger partial charge in [0.2, 0.25) is 0 Å². The van der Waals surface area contributed by atoms with Crippen molar-refractivity contribution in [3.05, 3.63) is 29.8 Å². The molecule has 0 spiro atoms. The Kier molecular flexibility index (Phi) is 4.68.